The number of nitrogens with zero attached hydrogens (tertiary/aromatic N) is 5. The fourth-order valence-electron chi connectivity index (χ4n) is 4.66. The molecule has 0 radical (unpaired) electrons. The van der Waals surface area contributed by atoms with E-state index in [0.717, 1.165) is 42.7 Å². The first-order valence-corrected chi connectivity index (χ1v) is 12.2. The molecule has 1 aliphatic heterocycles. The predicted molar refractivity (Wildman–Crippen MR) is 122 cm³/mol. The van der Waals surface area contributed by atoms with Gasteiger partial charge in [0.05, 0.1) is 11.0 Å². The number of nitriles is 1. The zero-order chi connectivity index (χ0) is 22.5. The van der Waals surface area contributed by atoms with Crippen molar-refractivity contribution in [3.05, 3.63) is 47.9 Å². The summed E-state index contributed by atoms with van der Waals surface area (Å²) in [4.78, 5) is 12.5. The van der Waals surface area contributed by atoms with Gasteiger partial charge in [-0.1, -0.05) is 18.2 Å². The lowest BCUT2D eigenvalue weighted by Gasteiger charge is -2.34. The highest BCUT2D eigenvalue weighted by Crippen LogP contribution is 2.34. The molecular weight excluding hydrogens is 424 g/mol. The van der Waals surface area contributed by atoms with Crippen LogP contribution in [0.25, 0.3) is 22.1 Å². The average Bonchev–Trinajstić information content (AvgIpc) is 3.37. The van der Waals surface area contributed by atoms with E-state index < -0.39 is 9.84 Å². The van der Waals surface area contributed by atoms with Gasteiger partial charge in [-0.15, -0.1) is 0 Å². The van der Waals surface area contributed by atoms with Crippen molar-refractivity contribution in [2.24, 2.45) is 5.92 Å². The molecule has 1 aliphatic rings. The van der Waals surface area contributed by atoms with Gasteiger partial charge in [-0.25, -0.2) is 23.1 Å². The molecule has 164 valence electrons. The van der Waals surface area contributed by atoms with E-state index in [1.165, 1.54) is 0 Å². The topological polar surface area (TPSA) is 108 Å². The number of aromatic amines is 1. The van der Waals surface area contributed by atoms with Crippen molar-refractivity contribution < 1.29 is 8.42 Å². The van der Waals surface area contributed by atoms with Crippen LogP contribution in [0.15, 0.2) is 46.5 Å². The molecule has 0 bridgehead atoms. The van der Waals surface area contributed by atoms with E-state index in [1.54, 1.807) is 31.3 Å². The summed E-state index contributed by atoms with van der Waals surface area (Å²) in [5, 5.41) is 12.0. The molecule has 4 heterocycles. The lowest BCUT2D eigenvalue weighted by Crippen LogP contribution is -2.42. The average molecular weight is 449 g/mol. The third kappa shape index (κ3) is 3.14. The minimum Gasteiger partial charge on any atom is -0.346 e. The minimum absolute atomic E-state index is 0.0297. The van der Waals surface area contributed by atoms with E-state index in [1.807, 2.05) is 23.7 Å². The molecule has 1 aromatic carbocycles. The Morgan fingerprint density at radius 1 is 1.16 bits per heavy atom. The lowest BCUT2D eigenvalue weighted by molar-refractivity contribution is 0.369. The van der Waals surface area contributed by atoms with E-state index in [4.69, 9.17) is 10.2 Å². The van der Waals surface area contributed by atoms with Crippen LogP contribution in [0.2, 0.25) is 0 Å². The van der Waals surface area contributed by atoms with Crippen molar-refractivity contribution in [3.8, 4) is 6.07 Å². The molecule has 32 heavy (non-hydrogen) atoms. The molecule has 1 fully saturated rings. The van der Waals surface area contributed by atoms with E-state index in [9.17, 15) is 8.42 Å². The Bertz CT molecular complexity index is 1470. The number of fused-ring (bicyclic) bond motifs is 3. The van der Waals surface area contributed by atoms with Crippen LogP contribution in [0.4, 0.5) is 0 Å². The number of aromatic nitrogens is 4. The highest BCUT2D eigenvalue weighted by atomic mass is 32.2. The molecule has 1 N–H and O–H groups in total. The van der Waals surface area contributed by atoms with Gasteiger partial charge in [0.25, 0.3) is 0 Å². The zero-order valence-corrected chi connectivity index (χ0v) is 18.9. The van der Waals surface area contributed by atoms with E-state index >= 15 is 0 Å². The fourth-order valence-corrected chi connectivity index (χ4v) is 6.23. The third-order valence-electron chi connectivity index (χ3n) is 6.30. The van der Waals surface area contributed by atoms with Crippen molar-refractivity contribution in [1.29, 1.82) is 5.26 Å². The third-order valence-corrected chi connectivity index (χ3v) is 8.13. The number of sulfone groups is 1. The fraction of sp³-hybridized carbons (Fsp3) is 0.348. The second-order valence-corrected chi connectivity index (χ2v) is 10.2. The molecule has 0 aliphatic carbocycles. The predicted octanol–water partition coefficient (Wildman–Crippen LogP) is 3.62. The van der Waals surface area contributed by atoms with Crippen LogP contribution in [0.5, 0.6) is 0 Å². The van der Waals surface area contributed by atoms with Crippen molar-refractivity contribution >= 4 is 31.9 Å². The zero-order valence-electron chi connectivity index (χ0n) is 18.0. The Labute approximate surface area is 186 Å². The molecule has 0 spiro atoms. The summed E-state index contributed by atoms with van der Waals surface area (Å²) in [5.41, 5.74) is 2.33. The van der Waals surface area contributed by atoms with Crippen LogP contribution < -0.4 is 5.01 Å². The molecule has 1 saturated heterocycles. The number of nitrogens with one attached hydrogen (secondary N) is 1. The monoisotopic (exact) mass is 448 g/mol. The molecule has 0 unspecified atom stereocenters. The molecule has 9 heteroatoms. The number of aryl methyl sites for hydroxylation is 2. The largest absolute Gasteiger partial charge is 0.346 e. The van der Waals surface area contributed by atoms with Crippen LogP contribution in [-0.2, 0) is 9.84 Å². The van der Waals surface area contributed by atoms with E-state index in [2.05, 4.69) is 21.0 Å². The molecule has 5 rings (SSSR count). The number of hydrogen-bond donors (Lipinski definition) is 1. The molecule has 0 amide bonds. The maximum Gasteiger partial charge on any atom is 0.226 e. The van der Waals surface area contributed by atoms with Crippen molar-refractivity contribution in [2.75, 3.05) is 18.1 Å². The first-order chi connectivity index (χ1) is 15.4. The Kier molecular flexibility index (Phi) is 4.90. The number of imidazole rings is 1. The number of hydrogen-bond acceptors (Lipinski definition) is 6. The molecule has 4 aromatic rings. The van der Waals surface area contributed by atoms with Gasteiger partial charge >= 0.3 is 0 Å². The summed E-state index contributed by atoms with van der Waals surface area (Å²) >= 11 is 0. The molecule has 8 nitrogen and oxygen atoms in total. The van der Waals surface area contributed by atoms with Gasteiger partial charge in [-0.2, -0.15) is 5.26 Å². The van der Waals surface area contributed by atoms with Gasteiger partial charge in [-0.3, -0.25) is 0 Å². The molecule has 3 aromatic heterocycles. The van der Waals surface area contributed by atoms with Gasteiger partial charge in [0.1, 0.15) is 22.5 Å². The standard InChI is InChI=1S/C23H24N6O2S/c1-15-5-3-4-6-19(15)32(30,31)23-20-21(18-8-12-25-22(18)27-23)29(16(2)26-20)28-13-9-17(7-11-24)10-14-28/h3-6,8,12,17H,7,9-10,13-14H2,1-2H3,(H,25,27). The summed E-state index contributed by atoms with van der Waals surface area (Å²) < 4.78 is 29.4. The second kappa shape index (κ2) is 7.64. The normalized spacial score (nSPS) is 15.5. The second-order valence-electron chi connectivity index (χ2n) is 8.35. The highest BCUT2D eigenvalue weighted by molar-refractivity contribution is 7.91. The maximum absolute atomic E-state index is 13.7. The van der Waals surface area contributed by atoms with Crippen molar-refractivity contribution in [3.63, 3.8) is 0 Å². The number of benzene rings is 1. The SMILES string of the molecule is Cc1ccccc1S(=O)(=O)c1nc2[nH]ccc2c2c1nc(C)n2N1CCC(CC#N)CC1. The smallest absolute Gasteiger partial charge is 0.226 e. The van der Waals surface area contributed by atoms with Crippen LogP contribution in [0, 0.1) is 31.1 Å². The number of rotatable bonds is 4. The van der Waals surface area contributed by atoms with Gasteiger partial charge in [0.2, 0.25) is 9.84 Å². The van der Waals surface area contributed by atoms with Crippen LogP contribution in [-0.4, -0.2) is 41.1 Å². The van der Waals surface area contributed by atoms with Gasteiger partial charge < -0.3 is 9.99 Å². The number of piperidine rings is 1. The Morgan fingerprint density at radius 2 is 1.91 bits per heavy atom. The first-order valence-electron chi connectivity index (χ1n) is 10.7. The van der Waals surface area contributed by atoms with Gasteiger partial charge in [-0.05, 0) is 50.3 Å². The molecule has 0 saturated carbocycles. The van der Waals surface area contributed by atoms with Crippen molar-refractivity contribution in [2.45, 2.75) is 43.0 Å². The molecular formula is C23H24N6O2S. The highest BCUT2D eigenvalue weighted by Gasteiger charge is 2.30. The van der Waals surface area contributed by atoms with E-state index in [0.29, 0.717) is 29.1 Å². The summed E-state index contributed by atoms with van der Waals surface area (Å²) in [5.74, 6) is 1.12. The molecule has 0 atom stereocenters. The van der Waals surface area contributed by atoms with Crippen molar-refractivity contribution in [1.82, 2.24) is 19.6 Å². The summed E-state index contributed by atoms with van der Waals surface area (Å²) in [6, 6.07) is 11.1. The Balaban J connectivity index is 1.72. The summed E-state index contributed by atoms with van der Waals surface area (Å²) in [7, 11) is -3.88. The van der Waals surface area contributed by atoms with E-state index in [-0.39, 0.29) is 9.92 Å². The number of pyridine rings is 1. The van der Waals surface area contributed by atoms with Crippen LogP contribution in [0.3, 0.4) is 0 Å². The Hall–Kier alpha value is -3.38. The van der Waals surface area contributed by atoms with Gasteiger partial charge in [0, 0.05) is 31.1 Å². The summed E-state index contributed by atoms with van der Waals surface area (Å²) in [6.45, 7) is 5.25. The quantitative estimate of drug-likeness (QED) is 0.511. The minimum atomic E-state index is -3.88. The lowest BCUT2D eigenvalue weighted by atomic mass is 9.95. The number of H-pyrrole nitrogens is 1. The summed E-state index contributed by atoms with van der Waals surface area (Å²) in [6.07, 6.45) is 4.18. The first kappa shape index (κ1) is 20.5. The Morgan fingerprint density at radius 3 is 2.62 bits per heavy atom. The van der Waals surface area contributed by atoms with Gasteiger partial charge in [0.15, 0.2) is 5.03 Å². The maximum atomic E-state index is 13.7. The van der Waals surface area contributed by atoms with Crippen LogP contribution >= 0.6 is 0 Å². The van der Waals surface area contributed by atoms with Crippen LogP contribution in [0.1, 0.15) is 30.7 Å².